The van der Waals surface area contributed by atoms with Crippen LogP contribution in [0.25, 0.3) is 0 Å². The maximum Gasteiger partial charge on any atom is 0.305 e. The number of aromatic amines is 1. The lowest BCUT2D eigenvalue weighted by Gasteiger charge is -2.30. The highest BCUT2D eigenvalue weighted by molar-refractivity contribution is 8.00. The average Bonchev–Trinajstić information content (AvgIpc) is 3.46. The number of anilines is 1. The Kier molecular flexibility index (Phi) is 6.64. The molecule has 1 N–H and O–H groups in total. The summed E-state index contributed by atoms with van der Waals surface area (Å²) in [6.45, 7) is 0.335. The number of ether oxygens (including phenoxy) is 2. The Labute approximate surface area is 235 Å². The minimum atomic E-state index is -0.799. The molecule has 10 nitrogen and oxygen atoms in total. The third-order valence-electron chi connectivity index (χ3n) is 6.93. The summed E-state index contributed by atoms with van der Waals surface area (Å²) < 4.78 is 11.6. The summed E-state index contributed by atoms with van der Waals surface area (Å²) in [5.74, 6) is -1.30. The summed E-state index contributed by atoms with van der Waals surface area (Å²) in [6, 6.07) is 20.4. The lowest BCUT2D eigenvalue weighted by molar-refractivity contribution is -0.384. The zero-order chi connectivity index (χ0) is 28.0. The molecule has 1 saturated heterocycles. The van der Waals surface area contributed by atoms with E-state index in [-0.39, 0.29) is 16.2 Å². The van der Waals surface area contributed by atoms with Crippen LogP contribution in [0.2, 0.25) is 0 Å². The first-order valence-corrected chi connectivity index (χ1v) is 13.9. The van der Waals surface area contributed by atoms with E-state index in [1.165, 1.54) is 31.4 Å². The predicted octanol–water partition coefficient (Wildman–Crippen LogP) is 4.73. The monoisotopic (exact) mass is 575 g/mol. The summed E-state index contributed by atoms with van der Waals surface area (Å²) in [5.41, 5.74) is 1.80. The number of hydrogen-bond donors (Lipinski definition) is 1. The van der Waals surface area contributed by atoms with Crippen LogP contribution < -0.4 is 19.2 Å². The number of fused-ring (bicyclic) bond motifs is 2. The van der Waals surface area contributed by atoms with Crippen molar-refractivity contribution in [2.75, 3.05) is 12.0 Å². The molecular weight excluding hydrogens is 554 g/mol. The molecular formula is C28H21N3O7S2. The van der Waals surface area contributed by atoms with E-state index in [0.717, 1.165) is 33.6 Å². The molecule has 0 radical (unpaired) electrons. The van der Waals surface area contributed by atoms with Crippen LogP contribution in [0.1, 0.15) is 21.9 Å². The number of nitrogens with zero attached hydrogens (tertiary/aromatic N) is 2. The number of thiazole rings is 1. The molecule has 2 unspecified atom stereocenters. The van der Waals surface area contributed by atoms with E-state index in [9.17, 15) is 24.5 Å². The number of amides is 2. The molecule has 0 saturated carbocycles. The van der Waals surface area contributed by atoms with Crippen molar-refractivity contribution >= 4 is 46.3 Å². The van der Waals surface area contributed by atoms with Crippen molar-refractivity contribution in [2.24, 2.45) is 5.92 Å². The van der Waals surface area contributed by atoms with Crippen LogP contribution in [0.4, 0.5) is 11.4 Å². The van der Waals surface area contributed by atoms with Gasteiger partial charge in [-0.2, -0.15) is 0 Å². The number of nitro groups is 1. The van der Waals surface area contributed by atoms with Crippen LogP contribution >= 0.6 is 23.1 Å². The molecule has 0 aliphatic carbocycles. The first-order valence-electron chi connectivity index (χ1n) is 12.2. The minimum absolute atomic E-state index is 0.145. The van der Waals surface area contributed by atoms with Gasteiger partial charge in [-0.25, -0.2) is 4.90 Å². The van der Waals surface area contributed by atoms with E-state index < -0.39 is 33.8 Å². The van der Waals surface area contributed by atoms with E-state index in [2.05, 4.69) is 4.98 Å². The van der Waals surface area contributed by atoms with Gasteiger partial charge in [0, 0.05) is 22.9 Å². The topological polar surface area (TPSA) is 132 Å². The maximum atomic E-state index is 13.9. The first-order chi connectivity index (χ1) is 19.4. The van der Waals surface area contributed by atoms with Crippen molar-refractivity contribution in [1.29, 1.82) is 0 Å². The zero-order valence-corrected chi connectivity index (χ0v) is 22.6. The predicted molar refractivity (Wildman–Crippen MR) is 149 cm³/mol. The molecule has 12 heteroatoms. The number of nitro benzene ring substituents is 1. The Morgan fingerprint density at radius 1 is 0.975 bits per heavy atom. The number of carbonyl (C=O) groups is 2. The second kappa shape index (κ2) is 10.3. The Hall–Kier alpha value is -4.42. The number of methoxy groups -OCH3 is 1. The van der Waals surface area contributed by atoms with Crippen molar-refractivity contribution in [1.82, 2.24) is 4.98 Å². The van der Waals surface area contributed by atoms with Gasteiger partial charge in [-0.1, -0.05) is 59.5 Å². The lowest BCUT2D eigenvalue weighted by Crippen LogP contribution is -2.32. The van der Waals surface area contributed by atoms with Gasteiger partial charge < -0.3 is 14.5 Å². The van der Waals surface area contributed by atoms with E-state index >= 15 is 0 Å². The third-order valence-corrected chi connectivity index (χ3v) is 9.33. The molecule has 2 amide bonds. The second-order valence-electron chi connectivity index (χ2n) is 9.22. The van der Waals surface area contributed by atoms with Crippen LogP contribution in [0.15, 0.2) is 82.6 Å². The average molecular weight is 576 g/mol. The zero-order valence-electron chi connectivity index (χ0n) is 20.9. The molecule has 3 atom stereocenters. The van der Waals surface area contributed by atoms with Crippen molar-refractivity contribution in [3.63, 3.8) is 0 Å². The summed E-state index contributed by atoms with van der Waals surface area (Å²) >= 11 is 2.17. The highest BCUT2D eigenvalue weighted by atomic mass is 32.2. The van der Waals surface area contributed by atoms with Crippen molar-refractivity contribution in [3.05, 3.63) is 109 Å². The number of non-ortho nitro benzene ring substituents is 1. The number of H-pyrrole nitrogens is 1. The van der Waals surface area contributed by atoms with Gasteiger partial charge in [0.25, 0.3) is 5.69 Å². The van der Waals surface area contributed by atoms with Crippen molar-refractivity contribution in [3.8, 4) is 11.5 Å². The number of carbonyl (C=O) groups excluding carboxylic acids is 2. The largest absolute Gasteiger partial charge is 0.493 e. The van der Waals surface area contributed by atoms with Crippen LogP contribution in [-0.4, -0.2) is 34.1 Å². The normalized spacial score (nSPS) is 19.7. The molecule has 1 fully saturated rings. The number of aromatic nitrogens is 1. The molecule has 3 heterocycles. The van der Waals surface area contributed by atoms with Crippen molar-refractivity contribution in [2.45, 2.75) is 22.8 Å². The molecule has 40 heavy (non-hydrogen) atoms. The van der Waals surface area contributed by atoms with Crippen LogP contribution in [0, 0.1) is 16.0 Å². The highest BCUT2D eigenvalue weighted by Gasteiger charge is 2.56. The van der Waals surface area contributed by atoms with Gasteiger partial charge in [0.15, 0.2) is 11.5 Å². The van der Waals surface area contributed by atoms with Crippen molar-refractivity contribution < 1.29 is 24.0 Å². The van der Waals surface area contributed by atoms with Gasteiger partial charge in [0.2, 0.25) is 11.8 Å². The number of thioether (sulfide) groups is 1. The molecule has 0 bridgehead atoms. The fourth-order valence-electron chi connectivity index (χ4n) is 5.09. The quantitative estimate of drug-likeness (QED) is 0.190. The van der Waals surface area contributed by atoms with Gasteiger partial charge in [-0.3, -0.25) is 24.5 Å². The van der Waals surface area contributed by atoms with E-state index in [1.807, 2.05) is 36.4 Å². The second-order valence-corrected chi connectivity index (χ2v) is 11.4. The smallest absolute Gasteiger partial charge is 0.305 e. The Balaban J connectivity index is 1.37. The third kappa shape index (κ3) is 4.44. The number of nitrogens with one attached hydrogen (secondary N) is 1. The number of rotatable bonds is 7. The number of imide groups is 1. The summed E-state index contributed by atoms with van der Waals surface area (Å²) in [7, 11) is 1.52. The number of benzene rings is 3. The molecule has 2 aliphatic heterocycles. The van der Waals surface area contributed by atoms with Gasteiger partial charge in [0.1, 0.15) is 11.9 Å². The standard InChI is InChI=1S/C28H21N3O7S2/c1-37-20-13-16(7-12-19(20)38-14-15-5-3-2-4-6-15)21-22-24(39-25-23(21)40-28(34)29-25)27(33)30(26(22)32)17-8-10-18(11-9-17)31(35)36/h2-13,21-22,24H,14H2,1H3,(H,29,34)/t21-,22?,24?/m1/s1. The SMILES string of the molecule is COc1cc([C@H]2c3sc(=O)[nH]c3SC3C(=O)N(c4ccc([N+](=O)[O-])cc4)C(=O)C32)ccc1OCc1ccccc1. The first kappa shape index (κ1) is 25.8. The molecule has 6 rings (SSSR count). The Morgan fingerprint density at radius 3 is 2.42 bits per heavy atom. The van der Waals surface area contributed by atoms with Crippen LogP contribution in [0.5, 0.6) is 11.5 Å². The van der Waals surface area contributed by atoms with E-state index in [0.29, 0.717) is 33.6 Å². The van der Waals surface area contributed by atoms with Gasteiger partial charge in [0.05, 0.1) is 28.7 Å². The number of hydrogen-bond acceptors (Lipinski definition) is 9. The maximum absolute atomic E-state index is 13.9. The fraction of sp³-hybridized carbons (Fsp3) is 0.179. The van der Waals surface area contributed by atoms with Crippen LogP contribution in [-0.2, 0) is 16.2 Å². The molecule has 1 aromatic heterocycles. The summed E-state index contributed by atoms with van der Waals surface area (Å²) in [4.78, 5) is 54.6. The van der Waals surface area contributed by atoms with Gasteiger partial charge in [-0.15, -0.1) is 0 Å². The highest BCUT2D eigenvalue weighted by Crippen LogP contribution is 2.53. The summed E-state index contributed by atoms with van der Waals surface area (Å²) in [5, 5.41) is 10.9. The molecule has 4 aromatic rings. The summed E-state index contributed by atoms with van der Waals surface area (Å²) in [6.07, 6.45) is 0. The van der Waals surface area contributed by atoms with Crippen LogP contribution in [0.3, 0.4) is 0 Å². The molecule has 2 aliphatic rings. The molecule has 0 spiro atoms. The van der Waals surface area contributed by atoms with Gasteiger partial charge >= 0.3 is 4.87 Å². The lowest BCUT2D eigenvalue weighted by atomic mass is 9.83. The minimum Gasteiger partial charge on any atom is -0.493 e. The Morgan fingerprint density at radius 2 is 1.73 bits per heavy atom. The van der Waals surface area contributed by atoms with E-state index in [1.54, 1.807) is 12.1 Å². The molecule has 202 valence electrons. The Bertz CT molecular complexity index is 1680. The molecule has 3 aromatic carbocycles. The fourth-order valence-corrected chi connectivity index (χ4v) is 7.60. The van der Waals surface area contributed by atoms with E-state index in [4.69, 9.17) is 9.47 Å². The van der Waals surface area contributed by atoms with Gasteiger partial charge in [-0.05, 0) is 35.4 Å².